The summed E-state index contributed by atoms with van der Waals surface area (Å²) in [4.78, 5) is 69.4. The summed E-state index contributed by atoms with van der Waals surface area (Å²) in [6, 6.07) is 3.83. The van der Waals surface area contributed by atoms with Crippen molar-refractivity contribution in [3.05, 3.63) is 22.5 Å². The third-order valence-electron chi connectivity index (χ3n) is 7.40. The zero-order chi connectivity index (χ0) is 37.3. The molecular formula is C27H32N10O9S5. The highest BCUT2D eigenvalue weighted by Crippen LogP contribution is 2.48. The zero-order valence-corrected chi connectivity index (χ0v) is 31.3. The number of methoxy groups -OCH3 is 2. The number of rotatable bonds is 17. The zero-order valence-electron chi connectivity index (χ0n) is 27.3. The van der Waals surface area contributed by atoms with E-state index in [9.17, 15) is 34.2 Å². The monoisotopic (exact) mass is 800 g/mol. The molecule has 4 amide bonds. The second-order valence-electron chi connectivity index (χ2n) is 10.5. The van der Waals surface area contributed by atoms with Crippen LogP contribution in [0.3, 0.4) is 0 Å². The molecule has 0 saturated carbocycles. The number of β-lactam (4-membered cyclic amide) rings is 1. The Bertz CT molecular complexity index is 1690. The smallest absolute Gasteiger partial charge is 0.352 e. The normalized spacial score (nSPS) is 22.0. The average Bonchev–Trinajstić information content (AvgIpc) is 3.54. The van der Waals surface area contributed by atoms with Gasteiger partial charge >= 0.3 is 5.97 Å². The van der Waals surface area contributed by atoms with Crippen molar-refractivity contribution in [1.82, 2.24) is 40.6 Å². The van der Waals surface area contributed by atoms with Crippen LogP contribution in [-0.4, -0.2) is 154 Å². The maximum atomic E-state index is 14.9. The summed E-state index contributed by atoms with van der Waals surface area (Å²) in [7, 11) is 4.09. The van der Waals surface area contributed by atoms with E-state index in [2.05, 4.69) is 26.2 Å². The van der Waals surface area contributed by atoms with Crippen molar-refractivity contribution < 1.29 is 43.7 Å². The molecular weight excluding hydrogens is 769 g/mol. The summed E-state index contributed by atoms with van der Waals surface area (Å²) in [5.41, 5.74) is -2.23. The fourth-order valence-corrected chi connectivity index (χ4v) is 9.82. The van der Waals surface area contributed by atoms with Crippen LogP contribution in [0.2, 0.25) is 0 Å². The summed E-state index contributed by atoms with van der Waals surface area (Å²) < 4.78 is 12.5. The Hall–Kier alpha value is -3.49. The van der Waals surface area contributed by atoms with Crippen LogP contribution in [0.25, 0.3) is 0 Å². The molecule has 24 heteroatoms. The Labute approximate surface area is 312 Å². The van der Waals surface area contributed by atoms with E-state index in [1.165, 1.54) is 18.9 Å². The molecule has 1 unspecified atom stereocenters. The molecule has 0 aromatic carbocycles. The first-order valence-electron chi connectivity index (χ1n) is 14.6. The number of nitriles is 2. The quantitative estimate of drug-likeness (QED) is 0.0622. The summed E-state index contributed by atoms with van der Waals surface area (Å²) in [5, 5.41) is 53.4. The van der Waals surface area contributed by atoms with Crippen LogP contribution >= 0.6 is 58.8 Å². The van der Waals surface area contributed by atoms with Crippen LogP contribution in [0.4, 0.5) is 0 Å². The van der Waals surface area contributed by atoms with Crippen LogP contribution < -0.4 is 10.6 Å². The Morgan fingerprint density at radius 1 is 1.08 bits per heavy atom. The predicted molar refractivity (Wildman–Crippen MR) is 187 cm³/mol. The van der Waals surface area contributed by atoms with Gasteiger partial charge in [0.15, 0.2) is 6.23 Å². The highest BCUT2D eigenvalue weighted by molar-refractivity contribution is 8.01. The second kappa shape index (κ2) is 18.3. The fourth-order valence-electron chi connectivity index (χ4n) is 5.17. The number of aliphatic hydroxyl groups excluding tert-OH is 1. The number of aryl methyl sites for hydroxylation is 1. The van der Waals surface area contributed by atoms with E-state index in [-0.39, 0.29) is 51.5 Å². The van der Waals surface area contributed by atoms with E-state index in [4.69, 9.17) is 20.0 Å². The number of hydrogen-bond donors (Lipinski definition) is 4. The number of thioether (sulfide) groups is 5. The van der Waals surface area contributed by atoms with E-state index in [1.54, 1.807) is 7.05 Å². The van der Waals surface area contributed by atoms with Crippen molar-refractivity contribution in [2.24, 2.45) is 7.05 Å². The van der Waals surface area contributed by atoms with Gasteiger partial charge in [-0.3, -0.25) is 29.0 Å². The minimum atomic E-state index is -1.89. The number of carbonyl (C=O) groups excluding carboxylic acids is 4. The lowest BCUT2D eigenvalue weighted by atomic mass is 9.97. The number of tetrazole rings is 1. The van der Waals surface area contributed by atoms with Crippen molar-refractivity contribution >= 4 is 88.4 Å². The predicted octanol–water partition coefficient (Wildman–Crippen LogP) is -1.23. The Morgan fingerprint density at radius 2 is 1.75 bits per heavy atom. The number of carboxylic acids is 1. The number of carbonyl (C=O) groups is 5. The molecule has 51 heavy (non-hydrogen) atoms. The molecule has 0 spiro atoms. The number of aliphatic carboxylic acids is 1. The molecule has 0 aliphatic carbocycles. The number of ether oxygens (including phenoxy) is 2. The van der Waals surface area contributed by atoms with Crippen LogP contribution in [0.5, 0.6) is 0 Å². The maximum absolute atomic E-state index is 14.9. The van der Waals surface area contributed by atoms with E-state index in [0.29, 0.717) is 10.7 Å². The van der Waals surface area contributed by atoms with Crippen molar-refractivity contribution in [3.63, 3.8) is 0 Å². The molecule has 3 aliphatic heterocycles. The SMILES string of the molecule is COC(NC(=O)CSCC#N)[C@H]1SCC(CSc2nnnn2C)=C(C(=O)O)N1C(=O)C1=C(CO)CS[C@H]2N1C(=O)[C@]2(NC(=O)CSCC#N)OC. The third-order valence-corrected chi connectivity index (χ3v) is 12.8. The second-order valence-corrected chi connectivity index (χ2v) is 15.6. The van der Waals surface area contributed by atoms with Gasteiger partial charge in [0.2, 0.25) is 17.0 Å². The standard InChI is InChI=1S/C27H32N10O9S5/c1-35-26(32-33-34-35)51-11-15-10-49-22(20(45-2)30-16(39)12-47-6-4-28)36(19(15)23(42)43)21(41)18-14(8-38)9-50-25-27(46-3,24(44)37(18)25)31-17(40)13-48-7-5-29/h20,22,25,38H,6-13H2,1-3H3,(H,30,39)(H,31,40)(H,42,43)/t20?,22-,25-,27+/m1/s1. The van der Waals surface area contributed by atoms with Gasteiger partial charge in [0.05, 0.1) is 41.8 Å². The van der Waals surface area contributed by atoms with Crippen molar-refractivity contribution in [3.8, 4) is 12.1 Å². The van der Waals surface area contributed by atoms with Crippen molar-refractivity contribution in [2.45, 2.75) is 27.9 Å². The molecule has 1 aromatic heterocycles. The number of hydrogen-bond acceptors (Lipinski definition) is 18. The number of nitrogens with zero attached hydrogens (tertiary/aromatic N) is 8. The first-order valence-corrected chi connectivity index (χ1v) is 20.0. The van der Waals surface area contributed by atoms with Crippen LogP contribution in [-0.2, 0) is 40.5 Å². The van der Waals surface area contributed by atoms with Gasteiger partial charge < -0.3 is 30.3 Å². The number of carboxylic acid groups (broad SMARTS) is 1. The lowest BCUT2D eigenvalue weighted by Crippen LogP contribution is -2.81. The summed E-state index contributed by atoms with van der Waals surface area (Å²) in [6.45, 7) is -0.665. The molecule has 1 saturated heterocycles. The molecule has 4 atom stereocenters. The van der Waals surface area contributed by atoms with Gasteiger partial charge in [0.25, 0.3) is 17.5 Å². The van der Waals surface area contributed by atoms with Gasteiger partial charge in [-0.2, -0.15) is 10.5 Å². The number of fused-ring (bicyclic) bond motifs is 1. The Balaban J connectivity index is 1.76. The van der Waals surface area contributed by atoms with E-state index in [1.807, 2.05) is 12.1 Å². The Kier molecular flexibility index (Phi) is 14.5. The number of aliphatic hydroxyl groups is 1. The molecule has 1 fully saturated rings. The number of aromatic nitrogens is 4. The van der Waals surface area contributed by atoms with Crippen molar-refractivity contribution in [2.75, 3.05) is 61.1 Å². The molecule has 3 aliphatic rings. The van der Waals surface area contributed by atoms with E-state index in [0.717, 1.165) is 68.6 Å². The molecule has 4 rings (SSSR count). The van der Waals surface area contributed by atoms with E-state index >= 15 is 0 Å². The number of amides is 4. The van der Waals surface area contributed by atoms with Gasteiger partial charge in [-0.05, 0) is 21.6 Å². The minimum Gasteiger partial charge on any atom is -0.477 e. The lowest BCUT2D eigenvalue weighted by molar-refractivity contribution is -0.191. The van der Waals surface area contributed by atoms with Gasteiger partial charge in [-0.25, -0.2) is 9.48 Å². The van der Waals surface area contributed by atoms with Crippen LogP contribution in [0.15, 0.2) is 27.7 Å². The van der Waals surface area contributed by atoms with Gasteiger partial charge in [-0.1, -0.05) is 11.8 Å². The van der Waals surface area contributed by atoms with Crippen molar-refractivity contribution in [1.29, 1.82) is 10.5 Å². The minimum absolute atomic E-state index is 0.0103. The molecule has 19 nitrogen and oxygen atoms in total. The first-order chi connectivity index (χ1) is 24.5. The largest absolute Gasteiger partial charge is 0.477 e. The molecule has 0 bridgehead atoms. The summed E-state index contributed by atoms with van der Waals surface area (Å²) in [5.74, 6) is -4.46. The molecule has 274 valence electrons. The average molecular weight is 801 g/mol. The molecule has 4 N–H and O–H groups in total. The van der Waals surface area contributed by atoms with Gasteiger partial charge in [0.1, 0.15) is 22.1 Å². The maximum Gasteiger partial charge on any atom is 0.352 e. The van der Waals surface area contributed by atoms with E-state index < -0.39 is 64.6 Å². The molecule has 1 aromatic rings. The summed E-state index contributed by atoms with van der Waals surface area (Å²) in [6.07, 6.45) is -1.26. The first kappa shape index (κ1) is 40.3. The van der Waals surface area contributed by atoms with Gasteiger partial charge in [-0.15, -0.1) is 52.1 Å². The topological polar surface area (TPSA) is 266 Å². The highest BCUT2D eigenvalue weighted by Gasteiger charge is 2.67. The lowest BCUT2D eigenvalue weighted by Gasteiger charge is -2.56. The van der Waals surface area contributed by atoms with Crippen LogP contribution in [0, 0.1) is 22.7 Å². The third kappa shape index (κ3) is 8.60. The molecule has 0 radical (unpaired) electrons. The van der Waals surface area contributed by atoms with Crippen LogP contribution in [0.1, 0.15) is 0 Å². The summed E-state index contributed by atoms with van der Waals surface area (Å²) >= 11 is 5.42. The fraction of sp³-hybridized carbons (Fsp3) is 0.556. The Morgan fingerprint density at radius 3 is 2.31 bits per heavy atom. The molecule has 4 heterocycles. The number of nitrogens with one attached hydrogen (secondary N) is 2. The highest BCUT2D eigenvalue weighted by atomic mass is 32.2. The van der Waals surface area contributed by atoms with Gasteiger partial charge in [0, 0.05) is 38.5 Å².